The molecule has 0 fully saturated rings. The summed E-state index contributed by atoms with van der Waals surface area (Å²) in [5, 5.41) is 2.26. The first-order valence-corrected chi connectivity index (χ1v) is 10.7. The summed E-state index contributed by atoms with van der Waals surface area (Å²) >= 11 is 0. The van der Waals surface area contributed by atoms with Crippen LogP contribution in [-0.4, -0.2) is 15.8 Å². The summed E-state index contributed by atoms with van der Waals surface area (Å²) in [4.78, 5) is 19.0. The van der Waals surface area contributed by atoms with E-state index in [-0.39, 0.29) is 18.3 Å². The molecule has 0 spiro atoms. The summed E-state index contributed by atoms with van der Waals surface area (Å²) < 4.78 is 17.2. The largest absolute Gasteiger partial charge is 0.486 e. The zero-order valence-electron chi connectivity index (χ0n) is 17.9. The number of aromatic nitrogens is 1. The minimum absolute atomic E-state index is 0.229. The maximum absolute atomic E-state index is 13.2. The lowest BCUT2D eigenvalue weighted by molar-refractivity contribution is 0.0681. The van der Waals surface area contributed by atoms with Gasteiger partial charge in [0.2, 0.25) is 0 Å². The Labute approximate surface area is 191 Å². The summed E-state index contributed by atoms with van der Waals surface area (Å²) in [5.74, 6) is 2.04. The molecule has 0 aliphatic heterocycles. The van der Waals surface area contributed by atoms with Crippen molar-refractivity contribution in [2.24, 2.45) is 0 Å². The first-order chi connectivity index (χ1) is 16.2. The molecule has 0 bridgehead atoms. The van der Waals surface area contributed by atoms with Crippen molar-refractivity contribution in [1.29, 1.82) is 0 Å². The fourth-order valence-electron chi connectivity index (χ4n) is 3.64. The molecule has 0 saturated heterocycles. The van der Waals surface area contributed by atoms with E-state index in [2.05, 4.69) is 11.1 Å². The number of hydrogen-bond donors (Lipinski definition) is 0. The van der Waals surface area contributed by atoms with Gasteiger partial charge in [0.05, 0.1) is 12.8 Å². The van der Waals surface area contributed by atoms with E-state index in [0.29, 0.717) is 24.6 Å². The third kappa shape index (κ3) is 4.96. The number of ether oxygens (including phenoxy) is 1. The van der Waals surface area contributed by atoms with Gasteiger partial charge in [-0.25, -0.2) is 0 Å². The highest BCUT2D eigenvalue weighted by Gasteiger charge is 2.21. The molecular weight excluding hydrogens is 416 g/mol. The smallest absolute Gasteiger partial charge is 0.290 e. The van der Waals surface area contributed by atoms with Crippen LogP contribution >= 0.6 is 0 Å². The predicted octanol–water partition coefficient (Wildman–Crippen LogP) is 5.84. The summed E-state index contributed by atoms with van der Waals surface area (Å²) in [6.45, 7) is 0.938. The molecular formula is C27H22N2O4. The second-order valence-corrected chi connectivity index (χ2v) is 7.67. The number of pyridine rings is 1. The lowest BCUT2D eigenvalue weighted by atomic mass is 10.1. The molecule has 164 valence electrons. The number of amides is 1. The number of fused-ring (bicyclic) bond motifs is 1. The van der Waals surface area contributed by atoms with E-state index in [1.54, 1.807) is 41.8 Å². The van der Waals surface area contributed by atoms with E-state index in [4.69, 9.17) is 13.6 Å². The Balaban J connectivity index is 1.29. The van der Waals surface area contributed by atoms with Crippen molar-refractivity contribution in [2.45, 2.75) is 19.7 Å². The van der Waals surface area contributed by atoms with Gasteiger partial charge in [0, 0.05) is 18.9 Å². The second-order valence-electron chi connectivity index (χ2n) is 7.67. The maximum Gasteiger partial charge on any atom is 0.290 e. The summed E-state index contributed by atoms with van der Waals surface area (Å²) in [7, 11) is 0. The van der Waals surface area contributed by atoms with Gasteiger partial charge in [0.1, 0.15) is 23.9 Å². The summed E-state index contributed by atoms with van der Waals surface area (Å²) in [6, 6.07) is 24.9. The Morgan fingerprint density at radius 1 is 0.879 bits per heavy atom. The van der Waals surface area contributed by atoms with E-state index < -0.39 is 0 Å². The van der Waals surface area contributed by atoms with E-state index in [9.17, 15) is 4.79 Å². The van der Waals surface area contributed by atoms with Crippen molar-refractivity contribution in [3.05, 3.63) is 120 Å². The highest BCUT2D eigenvalue weighted by molar-refractivity contribution is 5.91. The zero-order chi connectivity index (χ0) is 22.5. The molecule has 33 heavy (non-hydrogen) atoms. The monoisotopic (exact) mass is 438 g/mol. The number of furan rings is 2. The Bertz CT molecular complexity index is 1340. The average molecular weight is 438 g/mol. The molecule has 0 unspecified atom stereocenters. The molecule has 0 radical (unpaired) electrons. The number of hydrogen-bond acceptors (Lipinski definition) is 5. The van der Waals surface area contributed by atoms with Gasteiger partial charge in [0.15, 0.2) is 5.76 Å². The third-order valence-corrected chi connectivity index (χ3v) is 5.28. The van der Waals surface area contributed by atoms with Crippen LogP contribution in [0.15, 0.2) is 106 Å². The fourth-order valence-corrected chi connectivity index (χ4v) is 3.64. The van der Waals surface area contributed by atoms with Crippen LogP contribution < -0.4 is 4.74 Å². The number of rotatable bonds is 8. The minimum Gasteiger partial charge on any atom is -0.486 e. The molecule has 0 atom stereocenters. The molecule has 0 N–H and O–H groups in total. The van der Waals surface area contributed by atoms with Gasteiger partial charge < -0.3 is 18.5 Å². The van der Waals surface area contributed by atoms with Gasteiger partial charge >= 0.3 is 0 Å². The molecule has 2 aromatic carbocycles. The molecule has 5 aromatic rings. The molecule has 6 nitrogen and oxygen atoms in total. The molecule has 3 heterocycles. The van der Waals surface area contributed by atoms with Crippen molar-refractivity contribution >= 4 is 16.7 Å². The highest BCUT2D eigenvalue weighted by atomic mass is 16.5. The number of nitrogens with zero attached hydrogens (tertiary/aromatic N) is 2. The van der Waals surface area contributed by atoms with Crippen LogP contribution in [0.1, 0.15) is 27.6 Å². The van der Waals surface area contributed by atoms with E-state index >= 15 is 0 Å². The van der Waals surface area contributed by atoms with Gasteiger partial charge in [-0.15, -0.1) is 0 Å². The predicted molar refractivity (Wildman–Crippen MR) is 124 cm³/mol. The SMILES string of the molecule is O=C(c1ccc(COc2ccc3ccccc3c2)o1)N(Cc1cccnc1)Cc1ccco1. The normalized spacial score (nSPS) is 10.9. The Kier molecular flexibility index (Phi) is 5.89. The Morgan fingerprint density at radius 2 is 1.79 bits per heavy atom. The van der Waals surface area contributed by atoms with Crippen LogP contribution in [0.2, 0.25) is 0 Å². The maximum atomic E-state index is 13.2. The van der Waals surface area contributed by atoms with Crippen LogP contribution in [-0.2, 0) is 19.7 Å². The molecule has 0 aliphatic carbocycles. The molecule has 0 saturated carbocycles. The standard InChI is InChI=1S/C27H22N2O4/c30-27(29(18-24-8-4-14-31-24)17-20-5-3-13-28-16-20)26-12-11-25(33-26)19-32-23-10-9-21-6-1-2-7-22(21)15-23/h1-16H,17-19H2. The van der Waals surface area contributed by atoms with Crippen molar-refractivity contribution in [1.82, 2.24) is 9.88 Å². The third-order valence-electron chi connectivity index (χ3n) is 5.28. The van der Waals surface area contributed by atoms with Gasteiger partial charge in [0.25, 0.3) is 5.91 Å². The minimum atomic E-state index is -0.229. The summed E-state index contributed by atoms with van der Waals surface area (Å²) in [5.41, 5.74) is 0.920. The number of carbonyl (C=O) groups is 1. The van der Waals surface area contributed by atoms with E-state index in [0.717, 1.165) is 22.1 Å². The molecule has 3 aromatic heterocycles. The number of benzene rings is 2. The van der Waals surface area contributed by atoms with Crippen LogP contribution in [0.25, 0.3) is 10.8 Å². The van der Waals surface area contributed by atoms with Crippen molar-refractivity contribution in [2.75, 3.05) is 0 Å². The van der Waals surface area contributed by atoms with Crippen LogP contribution in [0.4, 0.5) is 0 Å². The lowest BCUT2D eigenvalue weighted by Crippen LogP contribution is -2.29. The first kappa shape index (κ1) is 20.6. The van der Waals surface area contributed by atoms with Gasteiger partial charge in [-0.05, 0) is 58.8 Å². The lowest BCUT2D eigenvalue weighted by Gasteiger charge is -2.20. The Morgan fingerprint density at radius 3 is 2.61 bits per heavy atom. The summed E-state index contributed by atoms with van der Waals surface area (Å²) in [6.07, 6.45) is 5.04. The van der Waals surface area contributed by atoms with Crippen LogP contribution in [0, 0.1) is 0 Å². The van der Waals surface area contributed by atoms with Gasteiger partial charge in [-0.2, -0.15) is 0 Å². The van der Waals surface area contributed by atoms with Gasteiger partial charge in [-0.1, -0.05) is 36.4 Å². The highest BCUT2D eigenvalue weighted by Crippen LogP contribution is 2.22. The topological polar surface area (TPSA) is 68.7 Å². The molecule has 6 heteroatoms. The van der Waals surface area contributed by atoms with E-state index in [1.165, 1.54) is 0 Å². The molecule has 5 rings (SSSR count). The van der Waals surface area contributed by atoms with E-state index in [1.807, 2.05) is 54.6 Å². The van der Waals surface area contributed by atoms with Crippen LogP contribution in [0.5, 0.6) is 5.75 Å². The van der Waals surface area contributed by atoms with Gasteiger partial charge in [-0.3, -0.25) is 9.78 Å². The van der Waals surface area contributed by atoms with Crippen LogP contribution in [0.3, 0.4) is 0 Å². The zero-order valence-corrected chi connectivity index (χ0v) is 17.9. The quantitative estimate of drug-likeness (QED) is 0.304. The average Bonchev–Trinajstić information content (AvgIpc) is 3.55. The van der Waals surface area contributed by atoms with Crippen molar-refractivity contribution < 1.29 is 18.4 Å². The number of carbonyl (C=O) groups excluding carboxylic acids is 1. The second kappa shape index (κ2) is 9.44. The van der Waals surface area contributed by atoms with Crippen molar-refractivity contribution in [3.8, 4) is 5.75 Å². The Hall–Kier alpha value is -4.32. The van der Waals surface area contributed by atoms with Crippen molar-refractivity contribution in [3.63, 3.8) is 0 Å². The molecule has 0 aliphatic rings. The first-order valence-electron chi connectivity index (χ1n) is 10.7. The molecule has 1 amide bonds. The fraction of sp³-hybridized carbons (Fsp3) is 0.111.